The molecule has 0 amide bonds. The second-order valence-electron chi connectivity index (χ2n) is 8.72. The number of fused-ring (bicyclic) bond motifs is 3. The molecule has 0 atom stereocenters. The molecule has 5 rings (SSSR count). The third kappa shape index (κ3) is 4.06. The molecule has 0 bridgehead atoms. The second-order valence-corrected chi connectivity index (χ2v) is 10.8. The van der Waals surface area contributed by atoms with Crippen LogP contribution in [0.2, 0.25) is 0 Å². The number of rotatable bonds is 5. The van der Waals surface area contributed by atoms with Crippen LogP contribution in [-0.4, -0.2) is 21.1 Å². The molecule has 1 aliphatic carbocycles. The maximum Gasteiger partial charge on any atom is 0.267 e. The Labute approximate surface area is 201 Å². The average molecular weight is 475 g/mol. The number of aryl methyl sites for hydroxylation is 5. The SMILES string of the molecule is Cc1cc(C)c(C(=O)CSc2nc3sc4c(c3c(=O)n2-c2ccccc2)CCCC4)cc1C. The molecular weight excluding hydrogens is 448 g/mol. The number of hydrogen-bond acceptors (Lipinski definition) is 5. The lowest BCUT2D eigenvalue weighted by Crippen LogP contribution is -2.22. The Morgan fingerprint density at radius 2 is 1.76 bits per heavy atom. The first-order valence-corrected chi connectivity index (χ1v) is 13.1. The number of Topliss-reactive ketones (excluding diaryl/α,β-unsaturated/α-hetero) is 1. The van der Waals surface area contributed by atoms with Gasteiger partial charge < -0.3 is 0 Å². The van der Waals surface area contributed by atoms with Gasteiger partial charge in [0.2, 0.25) is 0 Å². The smallest absolute Gasteiger partial charge is 0.267 e. The highest BCUT2D eigenvalue weighted by Gasteiger charge is 2.23. The highest BCUT2D eigenvalue weighted by Crippen LogP contribution is 2.35. The van der Waals surface area contributed by atoms with Gasteiger partial charge in [-0.1, -0.05) is 36.0 Å². The number of hydrogen-bond donors (Lipinski definition) is 0. The molecule has 0 radical (unpaired) electrons. The highest BCUT2D eigenvalue weighted by molar-refractivity contribution is 7.99. The summed E-state index contributed by atoms with van der Waals surface area (Å²) in [4.78, 5) is 33.9. The molecule has 0 fully saturated rings. The molecule has 4 aromatic rings. The van der Waals surface area contributed by atoms with Gasteiger partial charge in [0.25, 0.3) is 5.56 Å². The summed E-state index contributed by atoms with van der Waals surface area (Å²) in [6.07, 6.45) is 4.24. The maximum atomic E-state index is 13.8. The number of thioether (sulfide) groups is 1. The third-order valence-electron chi connectivity index (χ3n) is 6.45. The van der Waals surface area contributed by atoms with Gasteiger partial charge in [-0.05, 0) is 86.9 Å². The monoisotopic (exact) mass is 474 g/mol. The van der Waals surface area contributed by atoms with Crippen LogP contribution in [0.25, 0.3) is 15.9 Å². The van der Waals surface area contributed by atoms with Crippen molar-refractivity contribution >= 4 is 39.1 Å². The molecule has 0 spiro atoms. The summed E-state index contributed by atoms with van der Waals surface area (Å²) in [7, 11) is 0. The fourth-order valence-electron chi connectivity index (χ4n) is 4.56. The first kappa shape index (κ1) is 22.1. The lowest BCUT2D eigenvalue weighted by molar-refractivity contribution is 0.102. The molecule has 4 nitrogen and oxygen atoms in total. The predicted octanol–water partition coefficient (Wildman–Crippen LogP) is 6.23. The van der Waals surface area contributed by atoms with Crippen molar-refractivity contribution in [2.75, 3.05) is 5.75 Å². The predicted molar refractivity (Wildman–Crippen MR) is 138 cm³/mol. The van der Waals surface area contributed by atoms with Crippen LogP contribution in [0.3, 0.4) is 0 Å². The Morgan fingerprint density at radius 3 is 2.55 bits per heavy atom. The van der Waals surface area contributed by atoms with E-state index >= 15 is 0 Å². The highest BCUT2D eigenvalue weighted by atomic mass is 32.2. The molecule has 0 unspecified atom stereocenters. The summed E-state index contributed by atoms with van der Waals surface area (Å²) in [5.41, 5.74) is 5.96. The Balaban J connectivity index is 1.58. The quantitative estimate of drug-likeness (QED) is 0.196. The molecule has 2 aromatic carbocycles. The van der Waals surface area contributed by atoms with Gasteiger partial charge >= 0.3 is 0 Å². The lowest BCUT2D eigenvalue weighted by atomic mass is 9.97. The largest absolute Gasteiger partial charge is 0.293 e. The zero-order valence-corrected chi connectivity index (χ0v) is 20.7. The van der Waals surface area contributed by atoms with Crippen LogP contribution >= 0.6 is 23.1 Å². The van der Waals surface area contributed by atoms with E-state index in [0.717, 1.165) is 58.3 Å². The minimum atomic E-state index is -0.0251. The van der Waals surface area contributed by atoms with Crippen molar-refractivity contribution in [3.05, 3.63) is 85.5 Å². The molecule has 6 heteroatoms. The average Bonchev–Trinajstić information content (AvgIpc) is 3.19. The zero-order valence-electron chi connectivity index (χ0n) is 19.1. The Morgan fingerprint density at radius 1 is 1.03 bits per heavy atom. The zero-order chi connectivity index (χ0) is 23.1. The van der Waals surface area contributed by atoms with Gasteiger partial charge in [-0.15, -0.1) is 11.3 Å². The Hall–Kier alpha value is -2.70. The van der Waals surface area contributed by atoms with E-state index in [-0.39, 0.29) is 17.1 Å². The van der Waals surface area contributed by atoms with Gasteiger partial charge in [-0.2, -0.15) is 0 Å². The van der Waals surface area contributed by atoms with E-state index in [1.165, 1.54) is 27.8 Å². The summed E-state index contributed by atoms with van der Waals surface area (Å²) < 4.78 is 1.69. The molecule has 2 heterocycles. The van der Waals surface area contributed by atoms with Crippen LogP contribution in [0.4, 0.5) is 0 Å². The van der Waals surface area contributed by atoms with E-state index in [1.807, 2.05) is 50.2 Å². The van der Waals surface area contributed by atoms with Gasteiger partial charge in [0.1, 0.15) is 4.83 Å². The third-order valence-corrected chi connectivity index (χ3v) is 8.57. The molecule has 33 heavy (non-hydrogen) atoms. The van der Waals surface area contributed by atoms with Gasteiger partial charge in [0, 0.05) is 10.4 Å². The van der Waals surface area contributed by atoms with Crippen molar-refractivity contribution in [3.8, 4) is 5.69 Å². The summed E-state index contributed by atoms with van der Waals surface area (Å²) in [5, 5.41) is 1.34. The topological polar surface area (TPSA) is 52.0 Å². The fraction of sp³-hybridized carbons (Fsp3) is 0.296. The van der Waals surface area contributed by atoms with Crippen LogP contribution in [0, 0.1) is 20.8 Å². The van der Waals surface area contributed by atoms with Gasteiger partial charge in [-0.25, -0.2) is 4.98 Å². The van der Waals surface area contributed by atoms with Crippen molar-refractivity contribution in [2.24, 2.45) is 0 Å². The van der Waals surface area contributed by atoms with Crippen LogP contribution < -0.4 is 5.56 Å². The molecule has 168 valence electrons. The Kier molecular flexibility index (Phi) is 5.97. The van der Waals surface area contributed by atoms with Crippen LogP contribution in [0.1, 0.15) is 50.3 Å². The number of ketones is 1. The van der Waals surface area contributed by atoms with Crippen molar-refractivity contribution < 1.29 is 4.79 Å². The van der Waals surface area contributed by atoms with Crippen LogP contribution in [-0.2, 0) is 12.8 Å². The van der Waals surface area contributed by atoms with E-state index in [9.17, 15) is 9.59 Å². The van der Waals surface area contributed by atoms with Crippen molar-refractivity contribution in [1.82, 2.24) is 9.55 Å². The van der Waals surface area contributed by atoms with Crippen LogP contribution in [0.15, 0.2) is 52.4 Å². The van der Waals surface area contributed by atoms with Gasteiger partial charge in [0.15, 0.2) is 10.9 Å². The minimum absolute atomic E-state index is 0.0251. The standard InChI is InChI=1S/C27H26N2O2S2/c1-16-13-18(3)21(14-17(16)2)22(30)15-32-27-28-25-24(20-11-7-8-12-23(20)33-25)26(31)29(27)19-9-5-4-6-10-19/h4-6,9-10,13-14H,7-8,11-12,15H2,1-3H3. The normalized spacial score (nSPS) is 13.3. The fourth-order valence-corrected chi connectivity index (χ4v) is 6.76. The van der Waals surface area contributed by atoms with Crippen molar-refractivity contribution in [1.29, 1.82) is 0 Å². The van der Waals surface area contributed by atoms with Gasteiger partial charge in [0.05, 0.1) is 16.8 Å². The summed E-state index contributed by atoms with van der Waals surface area (Å²) in [6, 6.07) is 13.7. The second kappa shape index (κ2) is 8.92. The number of aromatic nitrogens is 2. The number of carbonyl (C=O) groups is 1. The first-order chi connectivity index (χ1) is 15.9. The molecular formula is C27H26N2O2S2. The lowest BCUT2D eigenvalue weighted by Gasteiger charge is -2.14. The first-order valence-electron chi connectivity index (χ1n) is 11.3. The van der Waals surface area contributed by atoms with E-state index in [4.69, 9.17) is 4.98 Å². The van der Waals surface area contributed by atoms with E-state index in [2.05, 4.69) is 13.0 Å². The Bertz CT molecular complexity index is 1430. The van der Waals surface area contributed by atoms with Crippen molar-refractivity contribution in [2.45, 2.75) is 51.6 Å². The van der Waals surface area contributed by atoms with Crippen LogP contribution in [0.5, 0.6) is 0 Å². The molecule has 2 aromatic heterocycles. The maximum absolute atomic E-state index is 13.8. The van der Waals surface area contributed by atoms with Gasteiger partial charge in [-0.3, -0.25) is 14.2 Å². The molecule has 0 saturated heterocycles. The van der Waals surface area contributed by atoms with E-state index < -0.39 is 0 Å². The molecule has 0 aliphatic heterocycles. The molecule has 1 aliphatic rings. The number of carbonyl (C=O) groups excluding carboxylic acids is 1. The minimum Gasteiger partial charge on any atom is -0.293 e. The van der Waals surface area contributed by atoms with E-state index in [0.29, 0.717) is 5.16 Å². The van der Waals surface area contributed by atoms with Crippen molar-refractivity contribution in [3.63, 3.8) is 0 Å². The summed E-state index contributed by atoms with van der Waals surface area (Å²) in [6.45, 7) is 6.06. The number of benzene rings is 2. The van der Waals surface area contributed by atoms with E-state index in [1.54, 1.807) is 15.9 Å². The summed E-state index contributed by atoms with van der Waals surface area (Å²) >= 11 is 2.99. The number of thiophene rings is 1. The number of para-hydroxylation sites is 1. The molecule has 0 N–H and O–H groups in total. The number of nitrogens with zero attached hydrogens (tertiary/aromatic N) is 2. The summed E-state index contributed by atoms with van der Waals surface area (Å²) in [5.74, 6) is 0.291. The molecule has 0 saturated carbocycles.